The first-order valence-electron chi connectivity index (χ1n) is 6.76. The van der Waals surface area contributed by atoms with Crippen molar-refractivity contribution in [1.82, 2.24) is 4.90 Å². The highest BCUT2D eigenvalue weighted by Crippen LogP contribution is 2.22. The average Bonchev–Trinajstić information content (AvgIpc) is 2.46. The minimum absolute atomic E-state index is 0.0748. The molecule has 2 atom stereocenters. The fraction of sp³-hybridized carbons (Fsp3) is 0.533. The zero-order chi connectivity index (χ0) is 13.8. The van der Waals surface area contributed by atoms with Gasteiger partial charge in [0.2, 0.25) is 0 Å². The van der Waals surface area contributed by atoms with Crippen LogP contribution in [0.4, 0.5) is 0 Å². The van der Waals surface area contributed by atoms with Crippen molar-refractivity contribution in [3.8, 4) is 0 Å². The number of carbonyl (C=O) groups excluding carboxylic acids is 1. The van der Waals surface area contributed by atoms with Crippen molar-refractivity contribution in [2.45, 2.75) is 31.9 Å². The normalized spacial score (nSPS) is 23.4. The van der Waals surface area contributed by atoms with Gasteiger partial charge in [0.25, 0.3) is 5.91 Å². The van der Waals surface area contributed by atoms with Crippen molar-refractivity contribution >= 4 is 5.91 Å². The van der Waals surface area contributed by atoms with Gasteiger partial charge in [-0.1, -0.05) is 18.2 Å². The maximum absolute atomic E-state index is 12.6. The maximum Gasteiger partial charge on any atom is 0.254 e. The Morgan fingerprint density at radius 2 is 2.21 bits per heavy atom. The zero-order valence-electron chi connectivity index (χ0n) is 11.6. The molecule has 1 aromatic rings. The van der Waals surface area contributed by atoms with Crippen LogP contribution in [0, 0.1) is 6.92 Å². The molecule has 0 bridgehead atoms. The van der Waals surface area contributed by atoms with Crippen LogP contribution < -0.4 is 5.73 Å². The van der Waals surface area contributed by atoms with E-state index in [1.165, 1.54) is 0 Å². The highest BCUT2D eigenvalue weighted by molar-refractivity contribution is 5.95. The summed E-state index contributed by atoms with van der Waals surface area (Å²) in [7, 11) is 1.72. The Morgan fingerprint density at radius 3 is 2.84 bits per heavy atom. The van der Waals surface area contributed by atoms with Crippen LogP contribution >= 0.6 is 0 Å². The van der Waals surface area contributed by atoms with Crippen molar-refractivity contribution in [3.63, 3.8) is 0 Å². The molecule has 1 saturated heterocycles. The molecule has 1 aliphatic rings. The van der Waals surface area contributed by atoms with Gasteiger partial charge >= 0.3 is 0 Å². The van der Waals surface area contributed by atoms with Gasteiger partial charge in [-0.05, 0) is 31.4 Å². The lowest BCUT2D eigenvalue weighted by Crippen LogP contribution is -2.51. The second-order valence-electron chi connectivity index (χ2n) is 5.09. The molecule has 104 valence electrons. The summed E-state index contributed by atoms with van der Waals surface area (Å²) in [5.41, 5.74) is 7.60. The molecule has 2 rings (SSSR count). The number of carbonyl (C=O) groups is 1. The van der Waals surface area contributed by atoms with Crippen molar-refractivity contribution in [2.75, 3.05) is 20.2 Å². The van der Waals surface area contributed by atoms with Crippen LogP contribution in [0.3, 0.4) is 0 Å². The molecule has 2 unspecified atom stereocenters. The molecule has 4 heteroatoms. The fourth-order valence-corrected chi connectivity index (χ4v) is 2.69. The number of nitrogens with two attached hydrogens (primary N) is 1. The fourth-order valence-electron chi connectivity index (χ4n) is 2.69. The smallest absolute Gasteiger partial charge is 0.254 e. The molecule has 4 nitrogen and oxygen atoms in total. The third-order valence-corrected chi connectivity index (χ3v) is 3.91. The minimum Gasteiger partial charge on any atom is -0.381 e. The second kappa shape index (κ2) is 6.17. The van der Waals surface area contributed by atoms with E-state index in [-0.39, 0.29) is 18.1 Å². The average molecular weight is 262 g/mol. The van der Waals surface area contributed by atoms with E-state index in [9.17, 15) is 4.79 Å². The Balaban J connectivity index is 2.17. The predicted molar refractivity (Wildman–Crippen MR) is 75.1 cm³/mol. The largest absolute Gasteiger partial charge is 0.381 e. The molecule has 1 aliphatic heterocycles. The number of hydrogen-bond acceptors (Lipinski definition) is 3. The first-order chi connectivity index (χ1) is 9.17. The molecule has 2 N–H and O–H groups in total. The number of amides is 1. The van der Waals surface area contributed by atoms with Gasteiger partial charge in [-0.2, -0.15) is 0 Å². The van der Waals surface area contributed by atoms with Crippen LogP contribution in [0.1, 0.15) is 28.8 Å². The minimum atomic E-state index is 0.0748. The van der Waals surface area contributed by atoms with E-state index in [0.717, 1.165) is 24.0 Å². The Bertz CT molecular complexity index is 448. The number of nitrogens with zero attached hydrogens (tertiary/aromatic N) is 1. The van der Waals surface area contributed by atoms with Crippen molar-refractivity contribution < 1.29 is 9.53 Å². The summed E-state index contributed by atoms with van der Waals surface area (Å²) in [5, 5.41) is 0. The topological polar surface area (TPSA) is 55.6 Å². The first kappa shape index (κ1) is 14.0. The predicted octanol–water partition coefficient (Wildman–Crippen LogP) is 1.57. The number of hydrogen-bond donors (Lipinski definition) is 1. The van der Waals surface area contributed by atoms with E-state index in [0.29, 0.717) is 13.1 Å². The number of methoxy groups -OCH3 is 1. The SMILES string of the molecule is COC1CCN(C(=O)c2ccccc2C)C(CN)C1. The van der Waals surface area contributed by atoms with Gasteiger partial charge in [-0.15, -0.1) is 0 Å². The number of benzene rings is 1. The third-order valence-electron chi connectivity index (χ3n) is 3.91. The van der Waals surface area contributed by atoms with Crippen LogP contribution in [0.25, 0.3) is 0 Å². The summed E-state index contributed by atoms with van der Waals surface area (Å²) in [6, 6.07) is 7.77. The summed E-state index contributed by atoms with van der Waals surface area (Å²) in [6.45, 7) is 3.16. The highest BCUT2D eigenvalue weighted by Gasteiger charge is 2.31. The molecule has 0 radical (unpaired) electrons. The van der Waals surface area contributed by atoms with E-state index in [1.807, 2.05) is 36.1 Å². The van der Waals surface area contributed by atoms with Crippen LogP contribution in [0.2, 0.25) is 0 Å². The highest BCUT2D eigenvalue weighted by atomic mass is 16.5. The maximum atomic E-state index is 12.6. The molecule has 0 aliphatic carbocycles. The molecule has 0 spiro atoms. The molecule has 1 fully saturated rings. The number of aryl methyl sites for hydroxylation is 1. The van der Waals surface area contributed by atoms with E-state index >= 15 is 0 Å². The van der Waals surface area contributed by atoms with E-state index in [4.69, 9.17) is 10.5 Å². The Morgan fingerprint density at radius 1 is 1.47 bits per heavy atom. The summed E-state index contributed by atoms with van der Waals surface area (Å²) in [6.07, 6.45) is 1.92. The molecule has 0 saturated carbocycles. The molecule has 1 amide bonds. The van der Waals surface area contributed by atoms with Gasteiger partial charge in [0.15, 0.2) is 0 Å². The molecular formula is C15H22N2O2. The van der Waals surface area contributed by atoms with Gasteiger partial charge in [0.05, 0.1) is 6.10 Å². The summed E-state index contributed by atoms with van der Waals surface area (Å²) < 4.78 is 5.39. The van der Waals surface area contributed by atoms with Gasteiger partial charge in [-0.3, -0.25) is 4.79 Å². The Hall–Kier alpha value is -1.39. The lowest BCUT2D eigenvalue weighted by molar-refractivity contribution is 0.0138. The van der Waals surface area contributed by atoms with Crippen molar-refractivity contribution in [1.29, 1.82) is 0 Å². The number of likely N-dealkylation sites (tertiary alicyclic amines) is 1. The molecule has 19 heavy (non-hydrogen) atoms. The number of piperidine rings is 1. The zero-order valence-corrected chi connectivity index (χ0v) is 11.6. The number of ether oxygens (including phenoxy) is 1. The van der Waals surface area contributed by atoms with E-state index in [1.54, 1.807) is 7.11 Å². The lowest BCUT2D eigenvalue weighted by Gasteiger charge is -2.38. The monoisotopic (exact) mass is 262 g/mol. The Kier molecular flexibility index (Phi) is 4.56. The van der Waals surface area contributed by atoms with Crippen LogP contribution in [0.15, 0.2) is 24.3 Å². The molecule has 1 heterocycles. The van der Waals surface area contributed by atoms with Gasteiger partial charge < -0.3 is 15.4 Å². The molecule has 1 aromatic carbocycles. The van der Waals surface area contributed by atoms with E-state index < -0.39 is 0 Å². The van der Waals surface area contributed by atoms with Gasteiger partial charge in [-0.25, -0.2) is 0 Å². The summed E-state index contributed by atoms with van der Waals surface area (Å²) in [4.78, 5) is 14.5. The Labute approximate surface area is 114 Å². The first-order valence-corrected chi connectivity index (χ1v) is 6.76. The lowest BCUT2D eigenvalue weighted by atomic mass is 9.97. The van der Waals surface area contributed by atoms with E-state index in [2.05, 4.69) is 0 Å². The standard InChI is InChI=1S/C15H22N2O2/c1-11-5-3-4-6-14(11)15(18)17-8-7-13(19-2)9-12(17)10-16/h3-6,12-13H,7-10,16H2,1-2H3. The quantitative estimate of drug-likeness (QED) is 0.899. The van der Waals surface area contributed by atoms with Crippen LogP contribution in [-0.4, -0.2) is 43.2 Å². The second-order valence-corrected chi connectivity index (χ2v) is 5.09. The van der Waals surface area contributed by atoms with Crippen molar-refractivity contribution in [2.24, 2.45) is 5.73 Å². The summed E-state index contributed by atoms with van der Waals surface area (Å²) in [5.74, 6) is 0.0862. The third kappa shape index (κ3) is 2.96. The van der Waals surface area contributed by atoms with Crippen molar-refractivity contribution in [3.05, 3.63) is 35.4 Å². The van der Waals surface area contributed by atoms with Gasteiger partial charge in [0.1, 0.15) is 0 Å². The van der Waals surface area contributed by atoms with Crippen LogP contribution in [0.5, 0.6) is 0 Å². The van der Waals surface area contributed by atoms with Gasteiger partial charge in [0, 0.05) is 31.8 Å². The van der Waals surface area contributed by atoms with Crippen LogP contribution in [-0.2, 0) is 4.74 Å². The summed E-state index contributed by atoms with van der Waals surface area (Å²) >= 11 is 0. The number of rotatable bonds is 3. The molecule has 0 aromatic heterocycles. The molecular weight excluding hydrogens is 240 g/mol.